The van der Waals surface area contributed by atoms with Crippen LogP contribution in [-0.4, -0.2) is 17.4 Å². The first kappa shape index (κ1) is 17.3. The van der Waals surface area contributed by atoms with Gasteiger partial charge in [0, 0.05) is 21.7 Å². The maximum atomic E-state index is 5.35. The summed E-state index contributed by atoms with van der Waals surface area (Å²) < 4.78 is 1.09. The summed E-state index contributed by atoms with van der Waals surface area (Å²) >= 11 is 10.6. The van der Waals surface area contributed by atoms with Crippen LogP contribution in [0, 0.1) is 0 Å². The molecule has 2 aromatic rings. The number of benzene rings is 2. The van der Waals surface area contributed by atoms with Crippen LogP contribution in [-0.2, 0) is 0 Å². The normalized spacial score (nSPS) is 11.7. The zero-order valence-electron chi connectivity index (χ0n) is 12.4. The fraction of sp³-hybridized carbons (Fsp3) is 0.235. The maximum absolute atomic E-state index is 5.35. The van der Waals surface area contributed by atoms with Crippen molar-refractivity contribution in [3.63, 3.8) is 0 Å². The molecule has 0 aromatic heterocycles. The van der Waals surface area contributed by atoms with Gasteiger partial charge >= 0.3 is 0 Å². The van der Waals surface area contributed by atoms with Gasteiger partial charge in [-0.15, -0.1) is 11.8 Å². The molecular formula is C17H19BrN2S2. The molecule has 0 bridgehead atoms. The van der Waals surface area contributed by atoms with E-state index in [-0.39, 0.29) is 6.04 Å². The highest BCUT2D eigenvalue weighted by Gasteiger charge is 2.06. The highest BCUT2D eigenvalue weighted by atomic mass is 79.9. The number of hydrogen-bond acceptors (Lipinski definition) is 2. The summed E-state index contributed by atoms with van der Waals surface area (Å²) in [7, 11) is 0. The van der Waals surface area contributed by atoms with E-state index in [1.165, 1.54) is 10.5 Å². The van der Waals surface area contributed by atoms with E-state index in [9.17, 15) is 0 Å². The number of thioether (sulfide) groups is 1. The Bertz CT molecular complexity index is 587. The van der Waals surface area contributed by atoms with Gasteiger partial charge in [-0.3, -0.25) is 0 Å². The molecule has 116 valence electrons. The predicted octanol–water partition coefficient (Wildman–Crippen LogP) is 4.77. The summed E-state index contributed by atoms with van der Waals surface area (Å²) in [5.74, 6) is 0.985. The number of halogens is 1. The van der Waals surface area contributed by atoms with Gasteiger partial charge in [0.15, 0.2) is 5.11 Å². The minimum atomic E-state index is 0.190. The van der Waals surface area contributed by atoms with E-state index in [0.29, 0.717) is 5.11 Å². The van der Waals surface area contributed by atoms with Crippen molar-refractivity contribution in [3.05, 3.63) is 64.6 Å². The smallest absolute Gasteiger partial charge is 0.166 e. The van der Waals surface area contributed by atoms with Crippen molar-refractivity contribution in [2.75, 3.05) is 12.3 Å². The van der Waals surface area contributed by atoms with E-state index < -0.39 is 0 Å². The molecule has 0 aliphatic rings. The molecule has 0 saturated heterocycles. The topological polar surface area (TPSA) is 24.1 Å². The van der Waals surface area contributed by atoms with E-state index in [2.05, 4.69) is 69.9 Å². The number of thiocarbonyl (C=S) groups is 1. The van der Waals surface area contributed by atoms with Gasteiger partial charge in [-0.05, 0) is 49.0 Å². The monoisotopic (exact) mass is 394 g/mol. The Morgan fingerprint density at radius 1 is 1.14 bits per heavy atom. The van der Waals surface area contributed by atoms with Gasteiger partial charge in [-0.25, -0.2) is 0 Å². The average Bonchev–Trinajstić information content (AvgIpc) is 2.53. The third-order valence-corrected chi connectivity index (χ3v) is 4.92. The minimum Gasteiger partial charge on any atom is -0.362 e. The zero-order valence-corrected chi connectivity index (χ0v) is 15.6. The molecule has 0 heterocycles. The highest BCUT2D eigenvalue weighted by Crippen LogP contribution is 2.17. The second kappa shape index (κ2) is 9.18. The molecule has 22 heavy (non-hydrogen) atoms. The third kappa shape index (κ3) is 5.99. The Balaban J connectivity index is 1.68. The molecule has 2 aromatic carbocycles. The van der Waals surface area contributed by atoms with E-state index in [1.807, 2.05) is 30.0 Å². The molecule has 2 rings (SSSR count). The average molecular weight is 395 g/mol. The number of rotatable bonds is 6. The molecule has 0 saturated carbocycles. The lowest BCUT2D eigenvalue weighted by molar-refractivity contribution is 0.703. The first-order valence-electron chi connectivity index (χ1n) is 7.13. The fourth-order valence-electron chi connectivity index (χ4n) is 1.93. The van der Waals surface area contributed by atoms with Gasteiger partial charge in [-0.2, -0.15) is 0 Å². The van der Waals surface area contributed by atoms with Gasteiger partial charge in [0.25, 0.3) is 0 Å². The summed E-state index contributed by atoms with van der Waals surface area (Å²) in [6, 6.07) is 18.9. The largest absolute Gasteiger partial charge is 0.362 e. The van der Waals surface area contributed by atoms with Crippen LogP contribution in [0.1, 0.15) is 18.5 Å². The standard InChI is InChI=1S/C17H19BrN2S2/c1-13(14-7-9-15(18)10-8-14)20-17(21)19-11-12-22-16-5-3-2-4-6-16/h2-10,13H,11-12H2,1H3,(H2,19,20,21)/t13-/m1/s1. The van der Waals surface area contributed by atoms with Crippen molar-refractivity contribution >= 4 is 45.0 Å². The molecule has 0 amide bonds. The van der Waals surface area contributed by atoms with Crippen molar-refractivity contribution in [3.8, 4) is 0 Å². The second-order valence-electron chi connectivity index (χ2n) is 4.83. The van der Waals surface area contributed by atoms with Gasteiger partial charge < -0.3 is 10.6 Å². The Labute approximate surface area is 150 Å². The first-order valence-corrected chi connectivity index (χ1v) is 9.31. The summed E-state index contributed by atoms with van der Waals surface area (Å²) in [6.07, 6.45) is 0. The maximum Gasteiger partial charge on any atom is 0.166 e. The molecule has 0 fully saturated rings. The zero-order chi connectivity index (χ0) is 15.8. The Kier molecular flexibility index (Phi) is 7.22. The van der Waals surface area contributed by atoms with Crippen LogP contribution in [0.4, 0.5) is 0 Å². The molecular weight excluding hydrogens is 376 g/mol. The SMILES string of the molecule is C[C@@H](NC(=S)NCCSc1ccccc1)c1ccc(Br)cc1. The molecule has 0 unspecified atom stereocenters. The van der Waals surface area contributed by atoms with Gasteiger partial charge in [0.05, 0.1) is 6.04 Å². The summed E-state index contributed by atoms with van der Waals surface area (Å²) in [6.45, 7) is 2.95. The van der Waals surface area contributed by atoms with Gasteiger partial charge in [0.2, 0.25) is 0 Å². The van der Waals surface area contributed by atoms with Crippen molar-refractivity contribution in [2.24, 2.45) is 0 Å². The van der Waals surface area contributed by atoms with Crippen molar-refractivity contribution < 1.29 is 0 Å². The molecule has 0 radical (unpaired) electrons. The van der Waals surface area contributed by atoms with Crippen LogP contribution < -0.4 is 10.6 Å². The predicted molar refractivity (Wildman–Crippen MR) is 103 cm³/mol. The van der Waals surface area contributed by atoms with Crippen LogP contribution in [0.25, 0.3) is 0 Å². The molecule has 2 nitrogen and oxygen atoms in total. The van der Waals surface area contributed by atoms with E-state index >= 15 is 0 Å². The Morgan fingerprint density at radius 3 is 2.50 bits per heavy atom. The molecule has 5 heteroatoms. The van der Waals surface area contributed by atoms with E-state index in [1.54, 1.807) is 0 Å². The number of nitrogens with one attached hydrogen (secondary N) is 2. The van der Waals surface area contributed by atoms with Crippen LogP contribution in [0.5, 0.6) is 0 Å². The lowest BCUT2D eigenvalue weighted by Gasteiger charge is -2.17. The Morgan fingerprint density at radius 2 is 1.82 bits per heavy atom. The van der Waals surface area contributed by atoms with Crippen LogP contribution in [0.2, 0.25) is 0 Å². The van der Waals surface area contributed by atoms with Gasteiger partial charge in [-0.1, -0.05) is 46.3 Å². The molecule has 0 spiro atoms. The van der Waals surface area contributed by atoms with Crippen LogP contribution in [0.15, 0.2) is 64.0 Å². The quantitative estimate of drug-likeness (QED) is 0.418. The summed E-state index contributed by atoms with van der Waals surface area (Å²) in [5, 5.41) is 7.26. The second-order valence-corrected chi connectivity index (χ2v) is 7.33. The third-order valence-electron chi connectivity index (χ3n) is 3.12. The van der Waals surface area contributed by atoms with Crippen molar-refractivity contribution in [1.29, 1.82) is 0 Å². The lowest BCUT2D eigenvalue weighted by atomic mass is 10.1. The van der Waals surface area contributed by atoms with Gasteiger partial charge in [0.1, 0.15) is 0 Å². The summed E-state index contributed by atoms with van der Waals surface area (Å²) in [5.41, 5.74) is 1.21. The summed E-state index contributed by atoms with van der Waals surface area (Å²) in [4.78, 5) is 1.28. The molecule has 2 N–H and O–H groups in total. The molecule has 1 atom stereocenters. The lowest BCUT2D eigenvalue weighted by Crippen LogP contribution is -2.37. The van der Waals surface area contributed by atoms with E-state index in [4.69, 9.17) is 12.2 Å². The minimum absolute atomic E-state index is 0.190. The molecule has 0 aliphatic carbocycles. The van der Waals surface area contributed by atoms with Crippen LogP contribution >= 0.6 is 39.9 Å². The number of hydrogen-bond donors (Lipinski definition) is 2. The molecule has 0 aliphatic heterocycles. The highest BCUT2D eigenvalue weighted by molar-refractivity contribution is 9.10. The Hall–Kier alpha value is -1.04. The van der Waals surface area contributed by atoms with Crippen molar-refractivity contribution in [1.82, 2.24) is 10.6 Å². The van der Waals surface area contributed by atoms with Crippen LogP contribution in [0.3, 0.4) is 0 Å². The van der Waals surface area contributed by atoms with E-state index in [0.717, 1.165) is 16.8 Å². The van der Waals surface area contributed by atoms with Crippen molar-refractivity contribution in [2.45, 2.75) is 17.9 Å². The fourth-order valence-corrected chi connectivity index (χ4v) is 3.27. The first-order chi connectivity index (χ1) is 10.6.